The molecular weight excluding hydrogens is 384 g/mol. The summed E-state index contributed by atoms with van der Waals surface area (Å²) in [6.07, 6.45) is 0. The molecule has 2 aromatic carbocycles. The van der Waals surface area contributed by atoms with Crippen LogP contribution in [0.15, 0.2) is 46.9 Å². The summed E-state index contributed by atoms with van der Waals surface area (Å²) in [5.41, 5.74) is 0.333. The highest BCUT2D eigenvalue weighted by Gasteiger charge is 2.13. The monoisotopic (exact) mass is 393 g/mol. The number of carboxylic acid groups (broad SMARTS) is 1. The molecule has 0 spiro atoms. The van der Waals surface area contributed by atoms with Crippen molar-refractivity contribution in [2.24, 2.45) is 0 Å². The molecule has 0 aliphatic carbocycles. The number of rotatable bonds is 4. The van der Waals surface area contributed by atoms with Gasteiger partial charge < -0.3 is 9.84 Å². The van der Waals surface area contributed by atoms with E-state index in [-0.39, 0.29) is 29.1 Å². The Kier molecular flexibility index (Phi) is 4.44. The fraction of sp³-hybridized carbons (Fsp3) is 0.0588. The number of benzene rings is 2. The predicted molar refractivity (Wildman–Crippen MR) is 87.1 cm³/mol. The van der Waals surface area contributed by atoms with Crippen molar-refractivity contribution in [2.45, 2.75) is 6.61 Å². The normalized spacial score (nSPS) is 10.8. The molecule has 7 heteroatoms. The number of hydrogen-bond acceptors (Lipinski definition) is 3. The van der Waals surface area contributed by atoms with Gasteiger partial charge in [0.2, 0.25) is 0 Å². The molecule has 0 atom stereocenters. The Morgan fingerprint density at radius 3 is 2.67 bits per heavy atom. The fourth-order valence-corrected chi connectivity index (χ4v) is 2.52. The van der Waals surface area contributed by atoms with Crippen LogP contribution in [0.1, 0.15) is 16.1 Å². The third kappa shape index (κ3) is 3.35. The zero-order chi connectivity index (χ0) is 17.3. The molecule has 122 valence electrons. The Bertz CT molecular complexity index is 947. The summed E-state index contributed by atoms with van der Waals surface area (Å²) in [5, 5.41) is 9.44. The van der Waals surface area contributed by atoms with Gasteiger partial charge in [0.15, 0.2) is 5.69 Å². The predicted octanol–water partition coefficient (Wildman–Crippen LogP) is 4.55. The van der Waals surface area contributed by atoms with Crippen LogP contribution in [0.3, 0.4) is 0 Å². The summed E-state index contributed by atoms with van der Waals surface area (Å²) in [6, 6.07) is 9.44. The van der Waals surface area contributed by atoms with Crippen molar-refractivity contribution in [3.05, 3.63) is 69.8 Å². The van der Waals surface area contributed by atoms with Gasteiger partial charge in [-0.25, -0.2) is 18.6 Å². The first-order valence-electron chi connectivity index (χ1n) is 6.84. The number of pyridine rings is 1. The van der Waals surface area contributed by atoms with Crippen LogP contribution in [0.4, 0.5) is 8.78 Å². The average Bonchev–Trinajstić information content (AvgIpc) is 2.53. The molecule has 0 bridgehead atoms. The van der Waals surface area contributed by atoms with E-state index in [1.807, 2.05) is 0 Å². The van der Waals surface area contributed by atoms with Crippen molar-refractivity contribution < 1.29 is 23.4 Å². The molecule has 4 nitrogen and oxygen atoms in total. The van der Waals surface area contributed by atoms with E-state index in [9.17, 15) is 13.6 Å². The van der Waals surface area contributed by atoms with Gasteiger partial charge in [0.1, 0.15) is 24.0 Å². The summed E-state index contributed by atoms with van der Waals surface area (Å²) in [7, 11) is 0. The first-order valence-corrected chi connectivity index (χ1v) is 7.63. The number of aromatic carboxylic acids is 1. The maximum Gasteiger partial charge on any atom is 0.354 e. The van der Waals surface area contributed by atoms with Gasteiger partial charge in [0.05, 0.1) is 5.52 Å². The molecule has 1 N–H and O–H groups in total. The highest BCUT2D eigenvalue weighted by Crippen LogP contribution is 2.28. The van der Waals surface area contributed by atoms with Gasteiger partial charge >= 0.3 is 5.97 Å². The zero-order valence-corrected chi connectivity index (χ0v) is 13.7. The van der Waals surface area contributed by atoms with Crippen LogP contribution in [-0.4, -0.2) is 16.1 Å². The van der Waals surface area contributed by atoms with Gasteiger partial charge in [0, 0.05) is 21.5 Å². The molecule has 0 fully saturated rings. The topological polar surface area (TPSA) is 59.4 Å². The van der Waals surface area contributed by atoms with Crippen LogP contribution in [-0.2, 0) is 6.61 Å². The Morgan fingerprint density at radius 2 is 1.96 bits per heavy atom. The van der Waals surface area contributed by atoms with Gasteiger partial charge in [-0.2, -0.15) is 0 Å². The van der Waals surface area contributed by atoms with Crippen molar-refractivity contribution in [3.8, 4) is 5.75 Å². The van der Waals surface area contributed by atoms with Crippen molar-refractivity contribution >= 4 is 32.8 Å². The molecule has 24 heavy (non-hydrogen) atoms. The molecule has 0 amide bonds. The van der Waals surface area contributed by atoms with E-state index in [0.29, 0.717) is 9.86 Å². The largest absolute Gasteiger partial charge is 0.488 e. The highest BCUT2D eigenvalue weighted by molar-refractivity contribution is 9.10. The number of nitrogens with zero attached hydrogens (tertiary/aromatic N) is 1. The summed E-state index contributed by atoms with van der Waals surface area (Å²) in [5.74, 6) is -2.08. The van der Waals surface area contributed by atoms with Crippen molar-refractivity contribution in [3.63, 3.8) is 0 Å². The Morgan fingerprint density at radius 1 is 1.17 bits per heavy atom. The lowest BCUT2D eigenvalue weighted by molar-refractivity contribution is 0.0690. The molecule has 0 saturated carbocycles. The number of carboxylic acids is 1. The average molecular weight is 394 g/mol. The van der Waals surface area contributed by atoms with Crippen LogP contribution in [0.5, 0.6) is 5.75 Å². The second-order valence-electron chi connectivity index (χ2n) is 5.00. The lowest BCUT2D eigenvalue weighted by Crippen LogP contribution is -2.04. The quantitative estimate of drug-likeness (QED) is 0.705. The molecule has 0 saturated heterocycles. The lowest BCUT2D eigenvalue weighted by Gasteiger charge is -2.11. The molecule has 3 rings (SSSR count). The highest BCUT2D eigenvalue weighted by atomic mass is 79.9. The van der Waals surface area contributed by atoms with Crippen molar-refractivity contribution in [2.75, 3.05) is 0 Å². The van der Waals surface area contributed by atoms with Crippen LogP contribution < -0.4 is 4.74 Å². The number of halogens is 3. The minimum absolute atomic E-state index is 0.124. The van der Waals surface area contributed by atoms with E-state index >= 15 is 0 Å². The second kappa shape index (κ2) is 6.52. The van der Waals surface area contributed by atoms with Crippen molar-refractivity contribution in [1.82, 2.24) is 4.98 Å². The van der Waals surface area contributed by atoms with E-state index in [4.69, 9.17) is 9.84 Å². The molecular formula is C17H10BrF2NO3. The number of aromatic nitrogens is 1. The molecule has 0 radical (unpaired) electrons. The molecule has 1 aromatic heterocycles. The number of fused-ring (bicyclic) bond motifs is 1. The van der Waals surface area contributed by atoms with Gasteiger partial charge in [-0.1, -0.05) is 22.0 Å². The molecule has 0 aliphatic rings. The summed E-state index contributed by atoms with van der Waals surface area (Å²) in [4.78, 5) is 15.1. The fourth-order valence-electron chi connectivity index (χ4n) is 2.19. The Balaban J connectivity index is 2.00. The third-order valence-corrected chi connectivity index (χ3v) is 3.84. The maximum absolute atomic E-state index is 13.9. The molecule has 3 aromatic rings. The van der Waals surface area contributed by atoms with Crippen LogP contribution in [0, 0.1) is 11.6 Å². The number of carbonyl (C=O) groups is 1. The zero-order valence-electron chi connectivity index (χ0n) is 12.1. The molecule has 1 heterocycles. The van der Waals surface area contributed by atoms with Crippen molar-refractivity contribution in [1.29, 1.82) is 0 Å². The lowest BCUT2D eigenvalue weighted by atomic mass is 10.1. The number of hydrogen-bond donors (Lipinski definition) is 1. The molecule has 0 unspecified atom stereocenters. The van der Waals surface area contributed by atoms with Gasteiger partial charge in [0.25, 0.3) is 0 Å². The summed E-state index contributed by atoms with van der Waals surface area (Å²) >= 11 is 3.16. The van der Waals surface area contributed by atoms with E-state index < -0.39 is 17.6 Å². The van der Waals surface area contributed by atoms with Gasteiger partial charge in [-0.3, -0.25) is 0 Å². The first-order chi connectivity index (χ1) is 11.4. The van der Waals surface area contributed by atoms with E-state index in [2.05, 4.69) is 20.9 Å². The van der Waals surface area contributed by atoms with E-state index in [1.165, 1.54) is 30.3 Å². The first kappa shape index (κ1) is 16.3. The Labute approximate surface area is 143 Å². The third-order valence-electron chi connectivity index (χ3n) is 3.35. The van der Waals surface area contributed by atoms with Crippen LogP contribution in [0.25, 0.3) is 10.9 Å². The Hall–Kier alpha value is -2.54. The SMILES string of the molecule is O=C(O)c1cc(OCc2ccc(Br)cc2F)c2cc(F)ccc2n1. The van der Waals surface area contributed by atoms with E-state index in [0.717, 1.165) is 0 Å². The maximum atomic E-state index is 13.9. The summed E-state index contributed by atoms with van der Waals surface area (Å²) < 4.78 is 33.5. The van der Waals surface area contributed by atoms with Crippen LogP contribution >= 0.6 is 15.9 Å². The number of ether oxygens (including phenoxy) is 1. The second-order valence-corrected chi connectivity index (χ2v) is 5.91. The van der Waals surface area contributed by atoms with Gasteiger partial charge in [-0.05, 0) is 30.3 Å². The smallest absolute Gasteiger partial charge is 0.354 e. The standard InChI is InChI=1S/C17H10BrF2NO3/c18-10-2-1-9(13(20)5-10)8-24-16-7-15(17(22)23)21-14-4-3-11(19)6-12(14)16/h1-7H,8H2,(H,22,23). The van der Waals surface area contributed by atoms with E-state index in [1.54, 1.807) is 12.1 Å². The molecule has 0 aliphatic heterocycles. The minimum atomic E-state index is -1.24. The summed E-state index contributed by atoms with van der Waals surface area (Å²) in [6.45, 7) is -0.131. The van der Waals surface area contributed by atoms with Crippen LogP contribution in [0.2, 0.25) is 0 Å². The van der Waals surface area contributed by atoms with Gasteiger partial charge in [-0.15, -0.1) is 0 Å². The minimum Gasteiger partial charge on any atom is -0.488 e.